The number of nitrogens with zero attached hydrogens (tertiary/aromatic N) is 1. The zero-order chi connectivity index (χ0) is 10.8. The van der Waals surface area contributed by atoms with Crippen LogP contribution in [0, 0.1) is 0 Å². The molecular formula is C11H16BNO2. The fourth-order valence-electron chi connectivity index (χ4n) is 2.25. The van der Waals surface area contributed by atoms with Gasteiger partial charge in [-0.3, -0.25) is 0 Å². The second kappa shape index (κ2) is 4.35. The largest absolute Gasteiger partial charge is 0.437 e. The number of β-amino-alcohol motifs (C(OH)–C–C–N with tert-alkyl or cyclic N) is 1. The van der Waals surface area contributed by atoms with Gasteiger partial charge in [0, 0.05) is 12.6 Å². The van der Waals surface area contributed by atoms with Crippen LogP contribution in [0.5, 0.6) is 0 Å². The summed E-state index contributed by atoms with van der Waals surface area (Å²) in [6, 6.07) is 10.2. The number of rotatable bonds is 2. The maximum absolute atomic E-state index is 9.63. The molecule has 4 heteroatoms. The molecule has 0 saturated carbocycles. The van der Waals surface area contributed by atoms with Crippen molar-refractivity contribution in [3.63, 3.8) is 0 Å². The van der Waals surface area contributed by atoms with Crippen molar-refractivity contribution in [1.29, 1.82) is 0 Å². The van der Waals surface area contributed by atoms with Gasteiger partial charge in [0.05, 0.1) is 6.10 Å². The highest BCUT2D eigenvalue weighted by atomic mass is 16.3. The molecule has 1 aromatic rings. The molecule has 0 aliphatic carbocycles. The number of benzene rings is 1. The first kappa shape index (κ1) is 10.7. The number of aliphatic hydroxyl groups excluding tert-OH is 1. The Hall–Kier alpha value is -0.835. The highest BCUT2D eigenvalue weighted by Gasteiger charge is 2.35. The average molecular weight is 205 g/mol. The monoisotopic (exact) mass is 205 g/mol. The predicted octanol–water partition coefficient (Wildman–Crippen LogP) is 0.905. The fourth-order valence-corrected chi connectivity index (χ4v) is 2.25. The molecule has 2 N–H and O–H groups in total. The molecule has 1 aliphatic rings. The molecule has 0 spiro atoms. The van der Waals surface area contributed by atoms with Gasteiger partial charge in [-0.2, -0.15) is 0 Å². The minimum Gasteiger partial charge on any atom is -0.437 e. The molecule has 0 bridgehead atoms. The summed E-state index contributed by atoms with van der Waals surface area (Å²) in [7, 11) is -0.507. The van der Waals surface area contributed by atoms with Crippen LogP contribution in [-0.4, -0.2) is 34.6 Å². The molecule has 3 nitrogen and oxygen atoms in total. The van der Waals surface area contributed by atoms with E-state index in [1.165, 1.54) is 0 Å². The first-order valence-corrected chi connectivity index (χ1v) is 5.35. The summed E-state index contributed by atoms with van der Waals surface area (Å²) < 4.78 is 0. The quantitative estimate of drug-likeness (QED) is 0.705. The van der Waals surface area contributed by atoms with Gasteiger partial charge in [0.25, 0.3) is 0 Å². The van der Waals surface area contributed by atoms with Crippen molar-refractivity contribution in [2.24, 2.45) is 0 Å². The zero-order valence-corrected chi connectivity index (χ0v) is 8.87. The Labute approximate surface area is 90.5 Å². The van der Waals surface area contributed by atoms with Crippen molar-refractivity contribution in [2.45, 2.75) is 25.4 Å². The van der Waals surface area contributed by atoms with Gasteiger partial charge in [-0.1, -0.05) is 30.3 Å². The van der Waals surface area contributed by atoms with Crippen molar-refractivity contribution >= 4 is 7.05 Å². The lowest BCUT2D eigenvalue weighted by molar-refractivity contribution is 0.187. The second-order valence-electron chi connectivity index (χ2n) is 4.14. The van der Waals surface area contributed by atoms with Crippen molar-refractivity contribution in [2.75, 3.05) is 6.54 Å². The maximum atomic E-state index is 9.63. The minimum absolute atomic E-state index is 0.140. The van der Waals surface area contributed by atoms with E-state index in [0.29, 0.717) is 13.0 Å². The molecule has 0 aromatic heterocycles. The smallest absolute Gasteiger partial charge is 0.377 e. The van der Waals surface area contributed by atoms with E-state index in [1.54, 1.807) is 6.82 Å². The fraction of sp³-hybridized carbons (Fsp3) is 0.455. The van der Waals surface area contributed by atoms with Crippen LogP contribution in [0.25, 0.3) is 0 Å². The average Bonchev–Trinajstić information content (AvgIpc) is 2.62. The summed E-state index contributed by atoms with van der Waals surface area (Å²) in [5.41, 5.74) is 1.16. The summed E-state index contributed by atoms with van der Waals surface area (Å²) in [6.07, 6.45) is 0.374. The Morgan fingerprint density at radius 3 is 2.60 bits per heavy atom. The lowest BCUT2D eigenvalue weighted by Crippen LogP contribution is -2.37. The van der Waals surface area contributed by atoms with Gasteiger partial charge in [-0.15, -0.1) is 0 Å². The molecule has 1 aromatic carbocycles. The first-order valence-electron chi connectivity index (χ1n) is 5.35. The Morgan fingerprint density at radius 2 is 2.00 bits per heavy atom. The van der Waals surface area contributed by atoms with Crippen LogP contribution in [0.1, 0.15) is 18.0 Å². The molecule has 2 rings (SSSR count). The van der Waals surface area contributed by atoms with Gasteiger partial charge in [0.1, 0.15) is 0 Å². The van der Waals surface area contributed by atoms with E-state index in [1.807, 2.05) is 35.1 Å². The molecule has 1 aliphatic heterocycles. The summed E-state index contributed by atoms with van der Waals surface area (Å²) in [5.74, 6) is 0. The molecule has 0 radical (unpaired) electrons. The van der Waals surface area contributed by atoms with Crippen LogP contribution in [0.2, 0.25) is 6.82 Å². The lowest BCUT2D eigenvalue weighted by atomic mass is 9.83. The van der Waals surface area contributed by atoms with Gasteiger partial charge in [0.15, 0.2) is 0 Å². The predicted molar refractivity (Wildman–Crippen MR) is 60.3 cm³/mol. The van der Waals surface area contributed by atoms with Crippen LogP contribution in [0.4, 0.5) is 0 Å². The Balaban J connectivity index is 2.21. The number of hydrogen-bond acceptors (Lipinski definition) is 3. The van der Waals surface area contributed by atoms with Gasteiger partial charge >= 0.3 is 7.05 Å². The molecule has 0 unspecified atom stereocenters. The topological polar surface area (TPSA) is 43.7 Å². The maximum Gasteiger partial charge on any atom is 0.377 e. The molecule has 1 saturated heterocycles. The summed E-state index contributed by atoms with van der Waals surface area (Å²) in [6.45, 7) is 2.30. The summed E-state index contributed by atoms with van der Waals surface area (Å²) in [4.78, 5) is 1.93. The normalized spacial score (nSPS) is 26.9. The van der Waals surface area contributed by atoms with E-state index < -0.39 is 7.05 Å². The van der Waals surface area contributed by atoms with E-state index in [9.17, 15) is 10.1 Å². The van der Waals surface area contributed by atoms with E-state index >= 15 is 0 Å². The van der Waals surface area contributed by atoms with Gasteiger partial charge in [0.2, 0.25) is 0 Å². The third-order valence-corrected chi connectivity index (χ3v) is 2.98. The van der Waals surface area contributed by atoms with Gasteiger partial charge < -0.3 is 14.9 Å². The Kier molecular flexibility index (Phi) is 3.10. The van der Waals surface area contributed by atoms with Crippen LogP contribution in [0.3, 0.4) is 0 Å². The highest BCUT2D eigenvalue weighted by Crippen LogP contribution is 2.32. The minimum atomic E-state index is -0.507. The van der Waals surface area contributed by atoms with E-state index in [2.05, 4.69) is 0 Å². The molecule has 1 heterocycles. The van der Waals surface area contributed by atoms with E-state index in [4.69, 9.17) is 0 Å². The Bertz CT molecular complexity index is 318. The van der Waals surface area contributed by atoms with Crippen molar-refractivity contribution in [3.8, 4) is 0 Å². The Morgan fingerprint density at radius 1 is 1.33 bits per heavy atom. The second-order valence-corrected chi connectivity index (χ2v) is 4.14. The molecule has 15 heavy (non-hydrogen) atoms. The van der Waals surface area contributed by atoms with E-state index in [-0.39, 0.29) is 12.1 Å². The van der Waals surface area contributed by atoms with Crippen molar-refractivity contribution < 1.29 is 10.1 Å². The zero-order valence-electron chi connectivity index (χ0n) is 8.87. The lowest BCUT2D eigenvalue weighted by Gasteiger charge is -2.25. The molecule has 2 atom stereocenters. The van der Waals surface area contributed by atoms with Crippen molar-refractivity contribution in [3.05, 3.63) is 35.9 Å². The third kappa shape index (κ3) is 2.22. The third-order valence-electron chi connectivity index (χ3n) is 2.98. The molecular weight excluding hydrogens is 189 g/mol. The standard InChI is InChI=1S/C11H16BNO2/c1-12(15)13-8-10(14)7-11(13)9-5-3-2-4-6-9/h2-6,10-11,14-15H,7-8H2,1H3/t10-,11-/m0/s1. The van der Waals surface area contributed by atoms with Gasteiger partial charge in [-0.05, 0) is 18.8 Å². The van der Waals surface area contributed by atoms with Crippen LogP contribution < -0.4 is 0 Å². The van der Waals surface area contributed by atoms with Crippen LogP contribution in [-0.2, 0) is 0 Å². The first-order chi connectivity index (χ1) is 7.18. The number of aliphatic hydroxyl groups is 1. The van der Waals surface area contributed by atoms with E-state index in [0.717, 1.165) is 5.56 Å². The van der Waals surface area contributed by atoms with Crippen LogP contribution in [0.15, 0.2) is 30.3 Å². The van der Waals surface area contributed by atoms with Crippen LogP contribution >= 0.6 is 0 Å². The summed E-state index contributed by atoms with van der Waals surface area (Å²) >= 11 is 0. The summed E-state index contributed by atoms with van der Waals surface area (Å²) in [5, 5.41) is 19.2. The number of hydrogen-bond donors (Lipinski definition) is 2. The SMILES string of the molecule is CB(O)N1C[C@@H](O)C[C@H]1c1ccccc1. The molecule has 0 amide bonds. The highest BCUT2D eigenvalue weighted by molar-refractivity contribution is 6.45. The van der Waals surface area contributed by atoms with Crippen molar-refractivity contribution in [1.82, 2.24) is 4.81 Å². The molecule has 80 valence electrons. The molecule has 1 fully saturated rings. The van der Waals surface area contributed by atoms with Gasteiger partial charge in [-0.25, -0.2) is 0 Å².